The minimum absolute atomic E-state index is 0.564. The van der Waals surface area contributed by atoms with Crippen molar-refractivity contribution in [1.29, 1.82) is 0 Å². The maximum Gasteiger partial charge on any atom is 0.137 e. The molecule has 3 aromatic rings. The SMILES string of the molecule is CC1Cc2c(nc3ccccn23)-c2ccccc21. The summed E-state index contributed by atoms with van der Waals surface area (Å²) in [5.74, 6) is 0.564. The Kier molecular flexibility index (Phi) is 1.90. The molecule has 0 spiro atoms. The van der Waals surface area contributed by atoms with Gasteiger partial charge in [0.25, 0.3) is 0 Å². The molecule has 0 fully saturated rings. The molecule has 1 aliphatic carbocycles. The summed E-state index contributed by atoms with van der Waals surface area (Å²) >= 11 is 0. The Morgan fingerprint density at radius 2 is 1.94 bits per heavy atom. The second kappa shape index (κ2) is 3.45. The molecule has 2 heterocycles. The van der Waals surface area contributed by atoms with E-state index >= 15 is 0 Å². The molecule has 1 aromatic carbocycles. The van der Waals surface area contributed by atoms with Gasteiger partial charge < -0.3 is 4.40 Å². The van der Waals surface area contributed by atoms with Gasteiger partial charge in [-0.15, -0.1) is 0 Å². The molecular weight excluding hydrogens is 220 g/mol. The van der Waals surface area contributed by atoms with Crippen LogP contribution in [0.4, 0.5) is 0 Å². The first-order chi connectivity index (χ1) is 8.84. The fourth-order valence-electron chi connectivity index (χ4n) is 3.00. The van der Waals surface area contributed by atoms with Crippen molar-refractivity contribution in [2.24, 2.45) is 0 Å². The molecule has 2 aromatic heterocycles. The van der Waals surface area contributed by atoms with Crippen LogP contribution in [0.25, 0.3) is 16.9 Å². The van der Waals surface area contributed by atoms with Crippen LogP contribution in [0.5, 0.6) is 0 Å². The van der Waals surface area contributed by atoms with Crippen molar-refractivity contribution < 1.29 is 0 Å². The van der Waals surface area contributed by atoms with Crippen molar-refractivity contribution in [2.45, 2.75) is 19.3 Å². The number of fused-ring (bicyclic) bond motifs is 5. The van der Waals surface area contributed by atoms with Crippen LogP contribution in [0, 0.1) is 0 Å². The Labute approximate surface area is 106 Å². The van der Waals surface area contributed by atoms with Crippen molar-refractivity contribution in [1.82, 2.24) is 9.38 Å². The molecule has 0 saturated heterocycles. The van der Waals surface area contributed by atoms with E-state index in [0.29, 0.717) is 5.92 Å². The third kappa shape index (κ3) is 1.20. The Balaban J connectivity index is 2.10. The minimum atomic E-state index is 0.564. The summed E-state index contributed by atoms with van der Waals surface area (Å²) in [5, 5.41) is 0. The number of aromatic nitrogens is 2. The van der Waals surface area contributed by atoms with Crippen molar-refractivity contribution in [3.8, 4) is 11.3 Å². The highest BCUT2D eigenvalue weighted by atomic mass is 15.0. The standard InChI is InChI=1S/C16H14N2/c1-11-10-14-16(13-7-3-2-6-12(11)13)17-15-8-4-5-9-18(14)15/h2-9,11H,10H2,1H3. The van der Waals surface area contributed by atoms with E-state index in [4.69, 9.17) is 4.98 Å². The maximum absolute atomic E-state index is 4.79. The van der Waals surface area contributed by atoms with Gasteiger partial charge in [-0.25, -0.2) is 4.98 Å². The molecule has 1 aliphatic rings. The lowest BCUT2D eigenvalue weighted by Gasteiger charge is -2.21. The van der Waals surface area contributed by atoms with E-state index in [9.17, 15) is 0 Å². The molecule has 2 nitrogen and oxygen atoms in total. The Morgan fingerprint density at radius 3 is 2.89 bits per heavy atom. The smallest absolute Gasteiger partial charge is 0.137 e. The molecule has 4 rings (SSSR count). The number of hydrogen-bond donors (Lipinski definition) is 0. The highest BCUT2D eigenvalue weighted by Crippen LogP contribution is 2.38. The molecule has 0 saturated carbocycles. The van der Waals surface area contributed by atoms with Gasteiger partial charge >= 0.3 is 0 Å². The summed E-state index contributed by atoms with van der Waals surface area (Å²) in [6, 6.07) is 14.8. The quantitative estimate of drug-likeness (QED) is 0.580. The largest absolute Gasteiger partial charge is 0.303 e. The average Bonchev–Trinajstić information content (AvgIpc) is 2.78. The highest BCUT2D eigenvalue weighted by molar-refractivity contribution is 5.72. The molecule has 0 aliphatic heterocycles. The third-order valence-electron chi connectivity index (χ3n) is 3.88. The Bertz CT molecular complexity index is 740. The fourth-order valence-corrected chi connectivity index (χ4v) is 3.00. The summed E-state index contributed by atoms with van der Waals surface area (Å²) in [4.78, 5) is 4.79. The van der Waals surface area contributed by atoms with Gasteiger partial charge in [0, 0.05) is 11.8 Å². The van der Waals surface area contributed by atoms with Crippen LogP contribution in [-0.2, 0) is 6.42 Å². The molecule has 0 amide bonds. The zero-order chi connectivity index (χ0) is 12.1. The third-order valence-corrected chi connectivity index (χ3v) is 3.88. The van der Waals surface area contributed by atoms with Crippen molar-refractivity contribution >= 4 is 5.65 Å². The lowest BCUT2D eigenvalue weighted by molar-refractivity contribution is 0.724. The van der Waals surface area contributed by atoms with Crippen LogP contribution in [0.1, 0.15) is 24.1 Å². The molecule has 2 heteroatoms. The molecule has 0 N–H and O–H groups in total. The van der Waals surface area contributed by atoms with Gasteiger partial charge in [-0.2, -0.15) is 0 Å². The predicted octanol–water partition coefficient (Wildman–Crippen LogP) is 3.66. The Hall–Kier alpha value is -2.09. The van der Waals surface area contributed by atoms with Gasteiger partial charge in [0.2, 0.25) is 0 Å². The second-order valence-electron chi connectivity index (χ2n) is 5.03. The van der Waals surface area contributed by atoms with Crippen molar-refractivity contribution in [3.63, 3.8) is 0 Å². The van der Waals surface area contributed by atoms with Gasteiger partial charge in [-0.05, 0) is 30.0 Å². The van der Waals surface area contributed by atoms with Crippen molar-refractivity contribution in [3.05, 3.63) is 59.9 Å². The number of hydrogen-bond acceptors (Lipinski definition) is 1. The van der Waals surface area contributed by atoms with Crippen molar-refractivity contribution in [2.75, 3.05) is 0 Å². The average molecular weight is 234 g/mol. The van der Waals surface area contributed by atoms with Crippen LogP contribution in [0.2, 0.25) is 0 Å². The van der Waals surface area contributed by atoms with E-state index in [-0.39, 0.29) is 0 Å². The van der Waals surface area contributed by atoms with Gasteiger partial charge in [0.15, 0.2) is 0 Å². The van der Waals surface area contributed by atoms with Gasteiger partial charge in [-0.3, -0.25) is 0 Å². The summed E-state index contributed by atoms with van der Waals surface area (Å²) in [6.45, 7) is 2.30. The highest BCUT2D eigenvalue weighted by Gasteiger charge is 2.25. The molecular formula is C16H14N2. The lowest BCUT2D eigenvalue weighted by atomic mass is 9.84. The first kappa shape index (κ1) is 9.89. The normalized spacial score (nSPS) is 17.5. The molecule has 18 heavy (non-hydrogen) atoms. The van der Waals surface area contributed by atoms with Gasteiger partial charge in [-0.1, -0.05) is 37.3 Å². The van der Waals surface area contributed by atoms with Crippen LogP contribution in [-0.4, -0.2) is 9.38 Å². The topological polar surface area (TPSA) is 17.3 Å². The van der Waals surface area contributed by atoms with Crippen LogP contribution < -0.4 is 0 Å². The maximum atomic E-state index is 4.79. The molecule has 1 atom stereocenters. The predicted molar refractivity (Wildman–Crippen MR) is 72.7 cm³/mol. The second-order valence-corrected chi connectivity index (χ2v) is 5.03. The zero-order valence-corrected chi connectivity index (χ0v) is 10.3. The molecule has 0 bridgehead atoms. The number of imidazole rings is 1. The van der Waals surface area contributed by atoms with Crippen LogP contribution >= 0.6 is 0 Å². The summed E-state index contributed by atoms with van der Waals surface area (Å²) in [7, 11) is 0. The first-order valence-electron chi connectivity index (χ1n) is 6.40. The summed E-state index contributed by atoms with van der Waals surface area (Å²) in [5.41, 5.74) is 6.28. The monoisotopic (exact) mass is 234 g/mol. The molecule has 0 radical (unpaired) electrons. The van der Waals surface area contributed by atoms with Crippen LogP contribution in [0.3, 0.4) is 0 Å². The van der Waals surface area contributed by atoms with Crippen LogP contribution in [0.15, 0.2) is 48.7 Å². The number of rotatable bonds is 0. The number of pyridine rings is 1. The van der Waals surface area contributed by atoms with E-state index in [0.717, 1.165) is 17.8 Å². The van der Waals surface area contributed by atoms with E-state index in [1.54, 1.807) is 0 Å². The van der Waals surface area contributed by atoms with Gasteiger partial charge in [0.1, 0.15) is 5.65 Å². The van der Waals surface area contributed by atoms with E-state index < -0.39 is 0 Å². The zero-order valence-electron chi connectivity index (χ0n) is 10.3. The number of benzene rings is 1. The van der Waals surface area contributed by atoms with E-state index in [2.05, 4.69) is 53.9 Å². The number of nitrogens with zero attached hydrogens (tertiary/aromatic N) is 2. The fraction of sp³-hybridized carbons (Fsp3) is 0.188. The van der Waals surface area contributed by atoms with E-state index in [1.165, 1.54) is 16.8 Å². The van der Waals surface area contributed by atoms with E-state index in [1.807, 2.05) is 6.07 Å². The Morgan fingerprint density at radius 1 is 1.11 bits per heavy atom. The minimum Gasteiger partial charge on any atom is -0.303 e. The molecule has 88 valence electrons. The van der Waals surface area contributed by atoms with Gasteiger partial charge in [0.05, 0.1) is 11.4 Å². The summed E-state index contributed by atoms with van der Waals surface area (Å²) in [6.07, 6.45) is 3.18. The molecule has 1 unspecified atom stereocenters. The summed E-state index contributed by atoms with van der Waals surface area (Å²) < 4.78 is 2.22. The lowest BCUT2D eigenvalue weighted by Crippen LogP contribution is -2.09. The first-order valence-corrected chi connectivity index (χ1v) is 6.40.